The van der Waals surface area contributed by atoms with Gasteiger partial charge in [-0.1, -0.05) is 45.7 Å². The van der Waals surface area contributed by atoms with Gasteiger partial charge in [0.25, 0.3) is 0 Å². The summed E-state index contributed by atoms with van der Waals surface area (Å²) in [7, 11) is 1.66. The average molecular weight is 516 g/mol. The Morgan fingerprint density at radius 3 is 2.53 bits per heavy atom. The smallest absolute Gasteiger partial charge is 0.137 e. The molecule has 1 atom stereocenters. The maximum absolute atomic E-state index is 6.14. The van der Waals surface area contributed by atoms with Crippen LogP contribution in [0.3, 0.4) is 0 Å². The molecule has 0 aliphatic heterocycles. The Morgan fingerprint density at radius 2 is 1.89 bits per heavy atom. The fourth-order valence-electron chi connectivity index (χ4n) is 1.83. The molecule has 0 spiro atoms. The molecule has 0 saturated heterocycles. The first kappa shape index (κ1) is 15.6. The van der Waals surface area contributed by atoms with Gasteiger partial charge in [0.2, 0.25) is 0 Å². The predicted octanol–water partition coefficient (Wildman–Crippen LogP) is 6.20. The second-order valence-electron chi connectivity index (χ2n) is 3.89. The quantitative estimate of drug-likeness (QED) is 0.349. The molecule has 0 heterocycles. The monoisotopic (exact) mass is 514 g/mol. The highest BCUT2D eigenvalue weighted by atomic mass is 127. The Kier molecular flexibility index (Phi) is 5.57. The molecule has 0 bridgehead atoms. The van der Waals surface area contributed by atoms with Gasteiger partial charge in [0.15, 0.2) is 0 Å². The Labute approximate surface area is 148 Å². The van der Waals surface area contributed by atoms with Crippen molar-refractivity contribution in [2.45, 2.75) is 4.83 Å². The predicted molar refractivity (Wildman–Crippen MR) is 95.6 cm³/mol. The van der Waals surface area contributed by atoms with Gasteiger partial charge in [-0.05, 0) is 62.3 Å². The van der Waals surface area contributed by atoms with Crippen molar-refractivity contribution in [1.82, 2.24) is 0 Å². The van der Waals surface area contributed by atoms with E-state index in [1.54, 1.807) is 7.11 Å². The SMILES string of the molecule is COc1c(Br)cc(Cl)cc1C(Br)c1ccccc1I. The molecular weight excluding hydrogens is 506 g/mol. The van der Waals surface area contributed by atoms with Crippen molar-refractivity contribution in [3.8, 4) is 5.75 Å². The van der Waals surface area contributed by atoms with E-state index in [-0.39, 0.29) is 4.83 Å². The summed E-state index contributed by atoms with van der Waals surface area (Å²) in [5, 5.41) is 0.679. The molecule has 1 unspecified atom stereocenters. The summed E-state index contributed by atoms with van der Waals surface area (Å²) < 4.78 is 7.52. The van der Waals surface area contributed by atoms with Crippen molar-refractivity contribution in [3.63, 3.8) is 0 Å². The van der Waals surface area contributed by atoms with Crippen molar-refractivity contribution in [1.29, 1.82) is 0 Å². The lowest BCUT2D eigenvalue weighted by Gasteiger charge is -2.17. The number of alkyl halides is 1. The molecule has 19 heavy (non-hydrogen) atoms. The van der Waals surface area contributed by atoms with Crippen LogP contribution in [-0.4, -0.2) is 7.11 Å². The van der Waals surface area contributed by atoms with Gasteiger partial charge in [-0.25, -0.2) is 0 Å². The molecule has 2 aromatic rings. The maximum Gasteiger partial charge on any atom is 0.137 e. The Balaban J connectivity index is 2.55. The van der Waals surface area contributed by atoms with Crippen molar-refractivity contribution in [2.24, 2.45) is 0 Å². The standard InChI is InChI=1S/C14H10Br2ClIO/c1-19-14-10(6-8(17)7-11(14)15)13(16)9-4-2-3-5-12(9)18/h2-7,13H,1H3. The van der Waals surface area contributed by atoms with Crippen LogP contribution < -0.4 is 4.74 Å². The second kappa shape index (κ2) is 6.78. The normalized spacial score (nSPS) is 12.3. The van der Waals surface area contributed by atoms with E-state index in [0.29, 0.717) is 5.02 Å². The number of methoxy groups -OCH3 is 1. The topological polar surface area (TPSA) is 9.23 Å². The number of rotatable bonds is 3. The minimum Gasteiger partial charge on any atom is -0.495 e. The molecule has 0 aromatic heterocycles. The second-order valence-corrected chi connectivity index (χ2v) is 7.26. The van der Waals surface area contributed by atoms with E-state index in [4.69, 9.17) is 16.3 Å². The van der Waals surface area contributed by atoms with E-state index in [1.165, 1.54) is 9.13 Å². The van der Waals surface area contributed by atoms with Crippen LogP contribution in [-0.2, 0) is 0 Å². The van der Waals surface area contributed by atoms with E-state index in [2.05, 4.69) is 66.6 Å². The van der Waals surface area contributed by atoms with Gasteiger partial charge in [0, 0.05) is 14.2 Å². The first-order valence-corrected chi connectivity index (χ1v) is 8.62. The van der Waals surface area contributed by atoms with E-state index in [0.717, 1.165) is 15.8 Å². The summed E-state index contributed by atoms with van der Waals surface area (Å²) in [6.07, 6.45) is 0. The lowest BCUT2D eigenvalue weighted by atomic mass is 10.0. The van der Waals surface area contributed by atoms with Crippen LogP contribution in [0.2, 0.25) is 5.02 Å². The molecular formula is C14H10Br2ClIO. The number of halogens is 4. The lowest BCUT2D eigenvalue weighted by Crippen LogP contribution is -2.00. The van der Waals surface area contributed by atoms with Gasteiger partial charge in [0.1, 0.15) is 5.75 Å². The van der Waals surface area contributed by atoms with Crippen molar-refractivity contribution in [2.75, 3.05) is 7.11 Å². The first-order chi connectivity index (χ1) is 9.04. The van der Waals surface area contributed by atoms with Gasteiger partial charge in [0.05, 0.1) is 16.4 Å². The highest BCUT2D eigenvalue weighted by Gasteiger charge is 2.20. The van der Waals surface area contributed by atoms with Crippen molar-refractivity contribution < 1.29 is 4.74 Å². The van der Waals surface area contributed by atoms with E-state index >= 15 is 0 Å². The highest BCUT2D eigenvalue weighted by Crippen LogP contribution is 2.43. The number of hydrogen-bond donors (Lipinski definition) is 0. The van der Waals surface area contributed by atoms with Crippen LogP contribution in [0.15, 0.2) is 40.9 Å². The molecule has 100 valence electrons. The first-order valence-electron chi connectivity index (χ1n) is 5.46. The molecule has 0 saturated carbocycles. The van der Waals surface area contributed by atoms with Crippen molar-refractivity contribution in [3.05, 3.63) is 60.6 Å². The third-order valence-electron chi connectivity index (χ3n) is 2.69. The molecule has 5 heteroatoms. The van der Waals surface area contributed by atoms with E-state index in [1.807, 2.05) is 24.3 Å². The number of benzene rings is 2. The zero-order chi connectivity index (χ0) is 14.0. The Hall–Kier alpha value is 0.220. The van der Waals surface area contributed by atoms with Crippen LogP contribution in [0, 0.1) is 3.57 Å². The van der Waals surface area contributed by atoms with Crippen LogP contribution >= 0.6 is 66.1 Å². The fraction of sp³-hybridized carbons (Fsp3) is 0.143. The molecule has 2 aromatic carbocycles. The molecule has 0 aliphatic rings. The molecule has 0 fully saturated rings. The average Bonchev–Trinajstić information content (AvgIpc) is 2.37. The van der Waals surface area contributed by atoms with Crippen LogP contribution in [0.25, 0.3) is 0 Å². The van der Waals surface area contributed by atoms with Crippen LogP contribution in [0.1, 0.15) is 16.0 Å². The molecule has 2 rings (SSSR count). The molecule has 1 nitrogen and oxygen atoms in total. The van der Waals surface area contributed by atoms with Gasteiger partial charge >= 0.3 is 0 Å². The zero-order valence-electron chi connectivity index (χ0n) is 9.96. The Bertz CT molecular complexity index is 604. The summed E-state index contributed by atoms with van der Waals surface area (Å²) in [5.74, 6) is 0.797. The lowest BCUT2D eigenvalue weighted by molar-refractivity contribution is 0.408. The highest BCUT2D eigenvalue weighted by molar-refractivity contribution is 14.1. The van der Waals surface area contributed by atoms with E-state index < -0.39 is 0 Å². The summed E-state index contributed by atoms with van der Waals surface area (Å²) in [5.41, 5.74) is 2.20. The summed E-state index contributed by atoms with van der Waals surface area (Å²) >= 11 is 15.7. The minimum atomic E-state index is 0.0329. The fourth-order valence-corrected chi connectivity index (χ4v) is 4.69. The summed E-state index contributed by atoms with van der Waals surface area (Å²) in [6.45, 7) is 0. The van der Waals surface area contributed by atoms with Gasteiger partial charge in [-0.15, -0.1) is 0 Å². The van der Waals surface area contributed by atoms with Gasteiger partial charge < -0.3 is 4.74 Å². The molecule has 0 N–H and O–H groups in total. The third kappa shape index (κ3) is 3.46. The van der Waals surface area contributed by atoms with Gasteiger partial charge in [-0.3, -0.25) is 0 Å². The third-order valence-corrected chi connectivity index (χ3v) is 5.47. The number of ether oxygens (including phenoxy) is 1. The Morgan fingerprint density at radius 1 is 1.21 bits per heavy atom. The zero-order valence-corrected chi connectivity index (χ0v) is 16.0. The van der Waals surface area contributed by atoms with Crippen molar-refractivity contribution >= 4 is 66.1 Å². The van der Waals surface area contributed by atoms with Crippen LogP contribution in [0.5, 0.6) is 5.75 Å². The summed E-state index contributed by atoms with van der Waals surface area (Å²) in [6, 6.07) is 12.0. The molecule has 0 amide bonds. The number of hydrogen-bond acceptors (Lipinski definition) is 1. The van der Waals surface area contributed by atoms with Gasteiger partial charge in [-0.2, -0.15) is 0 Å². The minimum absolute atomic E-state index is 0.0329. The maximum atomic E-state index is 6.14. The summed E-state index contributed by atoms with van der Waals surface area (Å²) in [4.78, 5) is 0.0329. The molecule has 0 aliphatic carbocycles. The largest absolute Gasteiger partial charge is 0.495 e. The molecule has 0 radical (unpaired) electrons. The van der Waals surface area contributed by atoms with Crippen LogP contribution in [0.4, 0.5) is 0 Å². The van der Waals surface area contributed by atoms with E-state index in [9.17, 15) is 0 Å².